The van der Waals surface area contributed by atoms with E-state index in [1.54, 1.807) is 18.2 Å². The molecule has 0 aliphatic carbocycles. The van der Waals surface area contributed by atoms with E-state index in [4.69, 9.17) is 11.6 Å². The predicted octanol–water partition coefficient (Wildman–Crippen LogP) is 3.61. The minimum atomic E-state index is -4.35. The van der Waals surface area contributed by atoms with E-state index in [1.807, 2.05) is 0 Å². The molecule has 5 heteroatoms. The lowest BCUT2D eigenvalue weighted by molar-refractivity contribution is -0.153. The van der Waals surface area contributed by atoms with Crippen LogP contribution in [0.15, 0.2) is 24.3 Å². The number of hydrogen-bond donors (Lipinski definition) is 0. The van der Waals surface area contributed by atoms with Crippen LogP contribution in [-0.4, -0.2) is 18.7 Å². The molecule has 0 N–H and O–H groups in total. The van der Waals surface area contributed by atoms with E-state index in [0.29, 0.717) is 17.9 Å². The van der Waals surface area contributed by atoms with Crippen LogP contribution in [0.5, 0.6) is 5.75 Å². The van der Waals surface area contributed by atoms with Crippen molar-refractivity contribution < 1.29 is 17.9 Å². The van der Waals surface area contributed by atoms with Crippen LogP contribution < -0.4 is 4.74 Å². The molecule has 0 spiro atoms. The zero-order valence-corrected chi connectivity index (χ0v) is 9.61. The monoisotopic (exact) mass is 262 g/mol. The molecule has 0 aliphatic rings. The molecule has 1 aromatic rings. The van der Waals surface area contributed by atoms with Crippen molar-refractivity contribution in [1.82, 2.24) is 0 Å². The zero-order chi connectivity index (χ0) is 12.7. The number of alkyl halides is 4. The van der Waals surface area contributed by atoms with Gasteiger partial charge in [-0.1, -0.05) is 24.0 Å². The normalized spacial score (nSPS) is 10.6. The molecule has 1 nitrogen and oxygen atoms in total. The number of para-hydroxylation sites is 1. The molecule has 0 aromatic heterocycles. The molecule has 0 atom stereocenters. The van der Waals surface area contributed by atoms with Crippen molar-refractivity contribution in [2.75, 3.05) is 12.5 Å². The fourth-order valence-corrected chi connectivity index (χ4v) is 1.15. The summed E-state index contributed by atoms with van der Waals surface area (Å²) in [6, 6.07) is 6.34. The minimum Gasteiger partial charge on any atom is -0.483 e. The molecule has 0 fully saturated rings. The molecule has 0 heterocycles. The molecule has 17 heavy (non-hydrogen) atoms. The lowest BCUT2D eigenvalue weighted by atomic mass is 10.2. The summed E-state index contributed by atoms with van der Waals surface area (Å²) in [5.41, 5.74) is 0.432. The highest BCUT2D eigenvalue weighted by molar-refractivity contribution is 6.18. The largest absolute Gasteiger partial charge is 0.483 e. The average molecular weight is 263 g/mol. The van der Waals surface area contributed by atoms with Gasteiger partial charge in [0.2, 0.25) is 0 Å². The molecule has 92 valence electrons. The summed E-state index contributed by atoms with van der Waals surface area (Å²) >= 11 is 5.45. The van der Waals surface area contributed by atoms with Crippen molar-refractivity contribution in [3.05, 3.63) is 29.8 Å². The van der Waals surface area contributed by atoms with Gasteiger partial charge in [0.25, 0.3) is 0 Å². The van der Waals surface area contributed by atoms with Crippen molar-refractivity contribution in [3.8, 4) is 17.6 Å². The van der Waals surface area contributed by atoms with Crippen LogP contribution >= 0.6 is 11.6 Å². The fraction of sp³-hybridized carbons (Fsp3) is 0.333. The Labute approximate surface area is 103 Å². The second-order valence-corrected chi connectivity index (χ2v) is 3.52. The Morgan fingerprint density at radius 2 is 1.94 bits per heavy atom. The van der Waals surface area contributed by atoms with Gasteiger partial charge < -0.3 is 4.74 Å². The van der Waals surface area contributed by atoms with Gasteiger partial charge in [-0.15, -0.1) is 11.6 Å². The van der Waals surface area contributed by atoms with Gasteiger partial charge in [-0.25, -0.2) is 0 Å². The number of halogens is 4. The number of hydrogen-bond acceptors (Lipinski definition) is 1. The first-order valence-electron chi connectivity index (χ1n) is 4.86. The summed E-state index contributed by atoms with van der Waals surface area (Å²) in [4.78, 5) is 0. The maximum Gasteiger partial charge on any atom is 0.422 e. The standard InChI is InChI=1S/C12H10ClF3O/c13-8-4-3-6-10-5-1-2-7-11(10)17-9-12(14,15)16/h1-2,5,7H,4,8-9H2. The topological polar surface area (TPSA) is 9.23 Å². The Balaban J connectivity index is 2.75. The quantitative estimate of drug-likeness (QED) is 0.597. The Bertz CT molecular complexity index is 418. The molecule has 1 rings (SSSR count). The van der Waals surface area contributed by atoms with E-state index in [0.717, 1.165) is 0 Å². The molecule has 0 bridgehead atoms. The van der Waals surface area contributed by atoms with Gasteiger partial charge in [0.15, 0.2) is 6.61 Å². The van der Waals surface area contributed by atoms with E-state index in [1.165, 1.54) is 6.07 Å². The fourth-order valence-electron chi connectivity index (χ4n) is 1.06. The van der Waals surface area contributed by atoms with Crippen molar-refractivity contribution in [3.63, 3.8) is 0 Å². The second kappa shape index (κ2) is 6.41. The molecule has 0 unspecified atom stereocenters. The number of rotatable bonds is 3. The van der Waals surface area contributed by atoms with Gasteiger partial charge in [0, 0.05) is 12.3 Å². The zero-order valence-electron chi connectivity index (χ0n) is 8.85. The molecular weight excluding hydrogens is 253 g/mol. The third-order valence-electron chi connectivity index (χ3n) is 1.72. The van der Waals surface area contributed by atoms with E-state index >= 15 is 0 Å². The van der Waals surface area contributed by atoms with Crippen molar-refractivity contribution in [1.29, 1.82) is 0 Å². The van der Waals surface area contributed by atoms with Crippen molar-refractivity contribution >= 4 is 11.6 Å². The second-order valence-electron chi connectivity index (χ2n) is 3.14. The highest BCUT2D eigenvalue weighted by Crippen LogP contribution is 2.21. The van der Waals surface area contributed by atoms with Gasteiger partial charge in [0.05, 0.1) is 5.56 Å². The highest BCUT2D eigenvalue weighted by atomic mass is 35.5. The van der Waals surface area contributed by atoms with Crippen molar-refractivity contribution in [2.24, 2.45) is 0 Å². The summed E-state index contributed by atoms with van der Waals surface area (Å²) < 4.78 is 40.7. The third-order valence-corrected chi connectivity index (χ3v) is 1.91. The minimum absolute atomic E-state index is 0.131. The Morgan fingerprint density at radius 1 is 1.24 bits per heavy atom. The lowest BCUT2D eigenvalue weighted by Crippen LogP contribution is -2.19. The van der Waals surface area contributed by atoms with Gasteiger partial charge in [-0.2, -0.15) is 13.2 Å². The summed E-state index contributed by atoms with van der Waals surface area (Å²) in [5, 5.41) is 0. The van der Waals surface area contributed by atoms with Crippen LogP contribution in [0.4, 0.5) is 13.2 Å². The molecule has 1 aromatic carbocycles. The van der Waals surface area contributed by atoms with E-state index < -0.39 is 12.8 Å². The molecule has 0 saturated heterocycles. The maximum absolute atomic E-state index is 12.0. The summed E-state index contributed by atoms with van der Waals surface area (Å²) in [6.45, 7) is -1.32. The lowest BCUT2D eigenvalue weighted by Gasteiger charge is -2.10. The smallest absolute Gasteiger partial charge is 0.422 e. The van der Waals surface area contributed by atoms with E-state index in [2.05, 4.69) is 16.6 Å². The molecular formula is C12H10ClF3O. The summed E-state index contributed by atoms with van der Waals surface area (Å²) in [7, 11) is 0. The van der Waals surface area contributed by atoms with Crippen LogP contribution in [0.3, 0.4) is 0 Å². The Morgan fingerprint density at radius 3 is 2.59 bits per heavy atom. The van der Waals surface area contributed by atoms with Gasteiger partial charge in [0.1, 0.15) is 5.75 Å². The van der Waals surface area contributed by atoms with Crippen molar-refractivity contribution in [2.45, 2.75) is 12.6 Å². The first kappa shape index (κ1) is 13.7. The first-order valence-corrected chi connectivity index (χ1v) is 5.40. The molecule has 0 amide bonds. The van der Waals surface area contributed by atoms with Crippen LogP contribution in [-0.2, 0) is 0 Å². The van der Waals surface area contributed by atoms with Crippen LogP contribution in [0.2, 0.25) is 0 Å². The van der Waals surface area contributed by atoms with E-state index in [-0.39, 0.29) is 5.75 Å². The SMILES string of the molecule is FC(F)(F)COc1ccccc1C#CCCCl. The summed E-state index contributed by atoms with van der Waals surface area (Å²) in [6.07, 6.45) is -3.87. The molecule has 0 saturated carbocycles. The Kier molecular flexibility index (Phi) is 5.17. The highest BCUT2D eigenvalue weighted by Gasteiger charge is 2.28. The van der Waals surface area contributed by atoms with Gasteiger partial charge in [-0.05, 0) is 12.1 Å². The predicted molar refractivity (Wildman–Crippen MR) is 60.2 cm³/mol. The molecule has 0 radical (unpaired) electrons. The number of ether oxygens (including phenoxy) is 1. The van der Waals surface area contributed by atoms with Crippen LogP contribution in [0.1, 0.15) is 12.0 Å². The van der Waals surface area contributed by atoms with Crippen LogP contribution in [0.25, 0.3) is 0 Å². The third kappa shape index (κ3) is 5.50. The maximum atomic E-state index is 12.0. The van der Waals surface area contributed by atoms with Gasteiger partial charge in [-0.3, -0.25) is 0 Å². The van der Waals surface area contributed by atoms with Crippen LogP contribution in [0, 0.1) is 11.8 Å². The average Bonchev–Trinajstić information content (AvgIpc) is 2.27. The van der Waals surface area contributed by atoms with E-state index in [9.17, 15) is 13.2 Å². The van der Waals surface area contributed by atoms with Gasteiger partial charge >= 0.3 is 6.18 Å². The number of benzene rings is 1. The summed E-state index contributed by atoms with van der Waals surface area (Å²) in [5.74, 6) is 5.99. The Hall–Kier alpha value is -1.34. The molecule has 0 aliphatic heterocycles. The first-order chi connectivity index (χ1) is 8.03.